The molecule has 0 amide bonds. The third-order valence-electron chi connectivity index (χ3n) is 6.21. The van der Waals surface area contributed by atoms with Crippen molar-refractivity contribution in [3.8, 4) is 5.75 Å². The molecule has 0 spiro atoms. The van der Waals surface area contributed by atoms with Crippen molar-refractivity contribution in [3.05, 3.63) is 102 Å². The van der Waals surface area contributed by atoms with Crippen LogP contribution in [0.15, 0.2) is 79.9 Å². The number of hydrogen-bond donors (Lipinski definition) is 1. The Hall–Kier alpha value is -2.76. The minimum absolute atomic E-state index is 0.00201. The molecule has 1 N–H and O–H groups in total. The number of aliphatic hydroxyl groups is 1. The van der Waals surface area contributed by atoms with Crippen LogP contribution in [0, 0.1) is 5.92 Å². The summed E-state index contributed by atoms with van der Waals surface area (Å²) in [6.45, 7) is 9.37. The van der Waals surface area contributed by atoms with Crippen LogP contribution in [0.3, 0.4) is 0 Å². The van der Waals surface area contributed by atoms with Gasteiger partial charge in [0.2, 0.25) is 0 Å². The number of rotatable bonds is 11. The molecule has 2 atom stereocenters. The molecule has 0 heterocycles. The average molecular weight is 485 g/mol. The van der Waals surface area contributed by atoms with E-state index in [2.05, 4.69) is 32.2 Å². The van der Waals surface area contributed by atoms with Gasteiger partial charge in [0.05, 0.1) is 12.2 Å². The van der Waals surface area contributed by atoms with E-state index >= 15 is 0 Å². The highest BCUT2D eigenvalue weighted by molar-refractivity contribution is 5.37. The van der Waals surface area contributed by atoms with E-state index in [1.54, 1.807) is 43.5 Å². The summed E-state index contributed by atoms with van der Waals surface area (Å²) >= 11 is 0. The van der Waals surface area contributed by atoms with E-state index < -0.39 is 6.11 Å². The van der Waals surface area contributed by atoms with Crippen molar-refractivity contribution in [2.45, 2.75) is 51.1 Å². The smallest absolute Gasteiger partial charge is 0.426 e. The molecule has 35 heavy (non-hydrogen) atoms. The third kappa shape index (κ3) is 8.75. The third-order valence-corrected chi connectivity index (χ3v) is 6.21. The molecule has 2 aromatic rings. The molecule has 0 aromatic heterocycles. The van der Waals surface area contributed by atoms with Gasteiger partial charge in [0.1, 0.15) is 5.75 Å². The second-order valence-electron chi connectivity index (χ2n) is 8.60. The Balaban J connectivity index is 0.00000100. The summed E-state index contributed by atoms with van der Waals surface area (Å²) in [5, 5.41) is 9.23. The zero-order chi connectivity index (χ0) is 25.7. The first-order chi connectivity index (χ1) is 16.9. The summed E-state index contributed by atoms with van der Waals surface area (Å²) in [5.41, 5.74) is 2.64. The minimum Gasteiger partial charge on any atom is -0.429 e. The number of benzene rings is 2. The number of aliphatic hydroxyl groups excluding tert-OH is 1. The van der Waals surface area contributed by atoms with Gasteiger partial charge in [-0.3, -0.25) is 0 Å². The lowest BCUT2D eigenvalue weighted by Crippen LogP contribution is -2.22. The largest absolute Gasteiger partial charge is 0.429 e. The first kappa shape index (κ1) is 28.5. The van der Waals surface area contributed by atoms with Gasteiger partial charge in [-0.05, 0) is 79.0 Å². The van der Waals surface area contributed by atoms with E-state index in [1.165, 1.54) is 18.2 Å². The highest BCUT2D eigenvalue weighted by Gasteiger charge is 2.34. The fourth-order valence-electron chi connectivity index (χ4n) is 4.10. The van der Waals surface area contributed by atoms with Gasteiger partial charge in [0, 0.05) is 19.6 Å². The SMILES string of the molecule is C=CC=C.CCC1C=CC(c2ccc(C(F)(F)Oc3ccc(CCO)c(CCOC)c3)cc2)CC1. The Morgan fingerprint density at radius 3 is 2.26 bits per heavy atom. The van der Waals surface area contributed by atoms with Gasteiger partial charge in [-0.1, -0.05) is 62.6 Å². The molecular weight excluding hydrogens is 446 g/mol. The van der Waals surface area contributed by atoms with Crippen molar-refractivity contribution in [2.75, 3.05) is 20.3 Å². The summed E-state index contributed by atoms with van der Waals surface area (Å²) in [4.78, 5) is 0. The van der Waals surface area contributed by atoms with Crippen molar-refractivity contribution >= 4 is 0 Å². The minimum atomic E-state index is -3.44. The van der Waals surface area contributed by atoms with Gasteiger partial charge in [0.25, 0.3) is 0 Å². The van der Waals surface area contributed by atoms with E-state index in [-0.39, 0.29) is 23.8 Å². The van der Waals surface area contributed by atoms with Gasteiger partial charge in [-0.15, -0.1) is 0 Å². The number of alkyl halides is 2. The quantitative estimate of drug-likeness (QED) is 0.268. The average Bonchev–Trinajstić information content (AvgIpc) is 2.89. The molecule has 3 nitrogen and oxygen atoms in total. The Morgan fingerprint density at radius 1 is 1.00 bits per heavy atom. The fourth-order valence-corrected chi connectivity index (χ4v) is 4.10. The summed E-state index contributed by atoms with van der Waals surface area (Å²) in [6, 6.07) is 11.4. The Bertz CT molecular complexity index is 945. The van der Waals surface area contributed by atoms with Crippen LogP contribution < -0.4 is 4.74 Å². The van der Waals surface area contributed by atoms with E-state index in [1.807, 2.05) is 0 Å². The molecule has 0 aliphatic heterocycles. The van der Waals surface area contributed by atoms with Crippen molar-refractivity contribution in [3.63, 3.8) is 0 Å². The van der Waals surface area contributed by atoms with Gasteiger partial charge in [-0.2, -0.15) is 8.78 Å². The summed E-state index contributed by atoms with van der Waals surface area (Å²) < 4.78 is 39.9. The van der Waals surface area contributed by atoms with Crippen LogP contribution in [-0.4, -0.2) is 25.4 Å². The van der Waals surface area contributed by atoms with Crippen LogP contribution in [0.25, 0.3) is 0 Å². The topological polar surface area (TPSA) is 38.7 Å². The number of halogens is 2. The van der Waals surface area contributed by atoms with Gasteiger partial charge >= 0.3 is 6.11 Å². The van der Waals surface area contributed by atoms with Gasteiger partial charge in [0.15, 0.2) is 0 Å². The van der Waals surface area contributed by atoms with Crippen LogP contribution in [-0.2, 0) is 23.7 Å². The van der Waals surface area contributed by atoms with Crippen molar-refractivity contribution in [1.82, 2.24) is 0 Å². The molecule has 1 aliphatic rings. The van der Waals surface area contributed by atoms with E-state index in [0.29, 0.717) is 25.4 Å². The molecule has 0 saturated heterocycles. The maximum absolute atomic E-state index is 14.8. The van der Waals surface area contributed by atoms with Crippen molar-refractivity contribution in [1.29, 1.82) is 0 Å². The van der Waals surface area contributed by atoms with Crippen LogP contribution >= 0.6 is 0 Å². The highest BCUT2D eigenvalue weighted by atomic mass is 19.3. The number of allylic oxidation sites excluding steroid dienone is 4. The molecule has 0 fully saturated rings. The van der Waals surface area contributed by atoms with Crippen LogP contribution in [0.2, 0.25) is 0 Å². The number of hydrogen-bond acceptors (Lipinski definition) is 3. The van der Waals surface area contributed by atoms with Crippen LogP contribution in [0.1, 0.15) is 54.4 Å². The highest BCUT2D eigenvalue weighted by Crippen LogP contribution is 2.35. The predicted octanol–water partition coefficient (Wildman–Crippen LogP) is 7.36. The molecule has 0 bridgehead atoms. The Morgan fingerprint density at radius 2 is 1.71 bits per heavy atom. The zero-order valence-corrected chi connectivity index (χ0v) is 20.9. The molecule has 5 heteroatoms. The Labute approximate surface area is 208 Å². The fraction of sp³-hybridized carbons (Fsp3) is 0.400. The summed E-state index contributed by atoms with van der Waals surface area (Å²) in [6.07, 6.45) is 8.65. The lowest BCUT2D eigenvalue weighted by atomic mass is 9.83. The molecule has 0 saturated carbocycles. The van der Waals surface area contributed by atoms with E-state index in [0.717, 1.165) is 36.0 Å². The van der Waals surface area contributed by atoms with Crippen LogP contribution in [0.5, 0.6) is 5.75 Å². The molecule has 1 aliphatic carbocycles. The molecule has 190 valence electrons. The second-order valence-corrected chi connectivity index (χ2v) is 8.60. The van der Waals surface area contributed by atoms with E-state index in [4.69, 9.17) is 9.47 Å². The second kappa shape index (κ2) is 14.6. The summed E-state index contributed by atoms with van der Waals surface area (Å²) in [5.74, 6) is 1.02. The number of ether oxygens (including phenoxy) is 2. The van der Waals surface area contributed by atoms with Gasteiger partial charge in [-0.25, -0.2) is 0 Å². The first-order valence-electron chi connectivity index (χ1n) is 12.2. The monoisotopic (exact) mass is 484 g/mol. The maximum atomic E-state index is 14.8. The van der Waals surface area contributed by atoms with Crippen LogP contribution in [0.4, 0.5) is 8.78 Å². The van der Waals surface area contributed by atoms with Crippen molar-refractivity contribution < 1.29 is 23.4 Å². The lowest BCUT2D eigenvalue weighted by Gasteiger charge is -2.23. The van der Waals surface area contributed by atoms with Gasteiger partial charge < -0.3 is 14.6 Å². The molecule has 2 unspecified atom stereocenters. The predicted molar refractivity (Wildman–Crippen MR) is 139 cm³/mol. The Kier molecular flexibility index (Phi) is 11.9. The van der Waals surface area contributed by atoms with Crippen molar-refractivity contribution in [2.24, 2.45) is 5.92 Å². The lowest BCUT2D eigenvalue weighted by molar-refractivity contribution is -0.185. The molecule has 3 rings (SSSR count). The number of methoxy groups -OCH3 is 1. The maximum Gasteiger partial charge on any atom is 0.426 e. The van der Waals surface area contributed by atoms with E-state index in [9.17, 15) is 13.9 Å². The molecule has 2 aromatic carbocycles. The molecule has 0 radical (unpaired) electrons. The standard InChI is InChI=1S/C26H32F2O3.C4H6/c1-3-19-4-6-20(7-5-19)21-8-11-24(12-9-21)26(27,28)31-25-13-10-22(14-16-29)23(18-25)15-17-30-2;1-3-4-2/h4,6,8-13,18-20,29H,3,5,7,14-17H2,1-2H3;3-4H,1-2H2. The first-order valence-corrected chi connectivity index (χ1v) is 12.2. The normalized spacial score (nSPS) is 17.3. The zero-order valence-electron chi connectivity index (χ0n) is 20.9. The molecular formula is C30H38F2O3. The summed E-state index contributed by atoms with van der Waals surface area (Å²) in [7, 11) is 1.59.